The molecule has 0 saturated carbocycles. The predicted octanol–water partition coefficient (Wildman–Crippen LogP) is -0.895. The largest absolute Gasteiger partial charge is 0.395 e. The van der Waals surface area contributed by atoms with Gasteiger partial charge in [0, 0.05) is 51.6 Å². The minimum atomic E-state index is -2.85. The molecule has 0 spiro atoms. The minimum absolute atomic E-state index is 0.249. The minimum Gasteiger partial charge on any atom is -0.395 e. The highest BCUT2D eigenvalue weighted by Gasteiger charge is 2.27. The Morgan fingerprint density at radius 3 is 2.05 bits per heavy atom. The van der Waals surface area contributed by atoms with Gasteiger partial charge in [0.05, 0.1) is 12.4 Å². The molecule has 21 heavy (non-hydrogen) atoms. The maximum absolute atomic E-state index is 11.2. The van der Waals surface area contributed by atoms with E-state index in [2.05, 4.69) is 14.7 Å². The first kappa shape index (κ1) is 17.1. The van der Waals surface area contributed by atoms with E-state index in [0.717, 1.165) is 58.7 Å². The van der Waals surface area contributed by atoms with Crippen molar-refractivity contribution in [3.05, 3.63) is 0 Å². The van der Waals surface area contributed by atoms with Gasteiger partial charge in [-0.2, -0.15) is 0 Å². The SMILES string of the molecule is CS(=O)(=O)CCN1CCC(N2CCN(CCO)CC2)CC1. The number of piperidine rings is 1. The molecule has 0 aromatic carbocycles. The van der Waals surface area contributed by atoms with Crippen molar-refractivity contribution >= 4 is 9.84 Å². The lowest BCUT2D eigenvalue weighted by molar-refractivity contribution is 0.0543. The highest BCUT2D eigenvalue weighted by atomic mass is 32.2. The molecule has 0 radical (unpaired) electrons. The molecule has 1 N–H and O–H groups in total. The van der Waals surface area contributed by atoms with Crippen LogP contribution in [-0.4, -0.2) is 105 Å². The Bertz CT molecular complexity index is 400. The molecular formula is C14H29N3O3S. The van der Waals surface area contributed by atoms with E-state index in [-0.39, 0.29) is 12.4 Å². The van der Waals surface area contributed by atoms with E-state index in [1.165, 1.54) is 6.26 Å². The van der Waals surface area contributed by atoms with Crippen molar-refractivity contribution in [1.29, 1.82) is 0 Å². The summed E-state index contributed by atoms with van der Waals surface area (Å²) in [6, 6.07) is 0.649. The second-order valence-corrected chi connectivity index (χ2v) is 8.56. The highest BCUT2D eigenvalue weighted by molar-refractivity contribution is 7.90. The molecule has 6 nitrogen and oxygen atoms in total. The van der Waals surface area contributed by atoms with E-state index in [9.17, 15) is 8.42 Å². The number of rotatable bonds is 6. The van der Waals surface area contributed by atoms with Gasteiger partial charge in [0.1, 0.15) is 9.84 Å². The Morgan fingerprint density at radius 1 is 0.952 bits per heavy atom. The number of hydrogen-bond donors (Lipinski definition) is 1. The number of likely N-dealkylation sites (tertiary alicyclic amines) is 1. The van der Waals surface area contributed by atoms with Gasteiger partial charge in [-0.3, -0.25) is 9.80 Å². The molecule has 0 unspecified atom stereocenters. The van der Waals surface area contributed by atoms with E-state index in [0.29, 0.717) is 12.6 Å². The maximum atomic E-state index is 11.2. The smallest absolute Gasteiger partial charge is 0.148 e. The fraction of sp³-hybridized carbons (Fsp3) is 1.00. The standard InChI is InChI=1S/C14H29N3O3S/c1-21(19,20)13-11-15-4-2-14(3-5-15)17-8-6-16(7-9-17)10-12-18/h14,18H,2-13H2,1H3. The molecule has 0 aromatic heterocycles. The van der Waals surface area contributed by atoms with Crippen molar-refractivity contribution in [2.45, 2.75) is 18.9 Å². The average molecular weight is 319 g/mol. The van der Waals surface area contributed by atoms with Crippen molar-refractivity contribution in [2.75, 3.05) is 71.0 Å². The monoisotopic (exact) mass is 319 g/mol. The van der Waals surface area contributed by atoms with Crippen LogP contribution in [0.5, 0.6) is 0 Å². The van der Waals surface area contributed by atoms with E-state index in [1.807, 2.05) is 0 Å². The zero-order valence-electron chi connectivity index (χ0n) is 13.1. The Balaban J connectivity index is 1.67. The molecule has 0 aliphatic carbocycles. The van der Waals surface area contributed by atoms with Crippen molar-refractivity contribution < 1.29 is 13.5 Å². The lowest BCUT2D eigenvalue weighted by Crippen LogP contribution is -2.53. The van der Waals surface area contributed by atoms with Gasteiger partial charge < -0.3 is 10.0 Å². The van der Waals surface area contributed by atoms with Gasteiger partial charge in [0.2, 0.25) is 0 Å². The molecule has 2 aliphatic heterocycles. The summed E-state index contributed by atoms with van der Waals surface area (Å²) in [4.78, 5) is 7.17. The van der Waals surface area contributed by atoms with Crippen LogP contribution < -0.4 is 0 Å². The van der Waals surface area contributed by atoms with E-state index < -0.39 is 9.84 Å². The molecule has 2 heterocycles. The van der Waals surface area contributed by atoms with Gasteiger partial charge in [0.15, 0.2) is 0 Å². The van der Waals surface area contributed by atoms with Gasteiger partial charge >= 0.3 is 0 Å². The Hall–Kier alpha value is -0.210. The van der Waals surface area contributed by atoms with E-state index in [1.54, 1.807) is 0 Å². The van der Waals surface area contributed by atoms with E-state index in [4.69, 9.17) is 5.11 Å². The van der Waals surface area contributed by atoms with Crippen molar-refractivity contribution in [3.63, 3.8) is 0 Å². The first-order chi connectivity index (χ1) is 9.98. The molecule has 2 fully saturated rings. The van der Waals surface area contributed by atoms with Gasteiger partial charge in [-0.15, -0.1) is 0 Å². The van der Waals surface area contributed by atoms with Crippen LogP contribution in [0.4, 0.5) is 0 Å². The zero-order valence-corrected chi connectivity index (χ0v) is 13.9. The van der Waals surface area contributed by atoms with Crippen LogP contribution in [0.3, 0.4) is 0 Å². The number of β-amino-alcohol motifs (C(OH)–C–C–N with tert-alkyl or cyclic N) is 1. The van der Waals surface area contributed by atoms with Crippen LogP contribution in [0.1, 0.15) is 12.8 Å². The Morgan fingerprint density at radius 2 is 1.52 bits per heavy atom. The second kappa shape index (κ2) is 7.87. The van der Waals surface area contributed by atoms with Crippen molar-refractivity contribution in [1.82, 2.24) is 14.7 Å². The summed E-state index contributed by atoms with van der Waals surface area (Å²) in [6.07, 6.45) is 3.60. The Kier molecular flexibility index (Phi) is 6.43. The summed E-state index contributed by atoms with van der Waals surface area (Å²) >= 11 is 0. The number of piperazine rings is 1. The summed E-state index contributed by atoms with van der Waals surface area (Å²) in [5.41, 5.74) is 0. The van der Waals surface area contributed by atoms with E-state index >= 15 is 0 Å². The van der Waals surface area contributed by atoms with Gasteiger partial charge in [0.25, 0.3) is 0 Å². The first-order valence-corrected chi connectivity index (χ1v) is 10.0. The number of hydrogen-bond acceptors (Lipinski definition) is 6. The molecular weight excluding hydrogens is 290 g/mol. The molecule has 124 valence electrons. The molecule has 7 heteroatoms. The quantitative estimate of drug-likeness (QED) is 0.685. The average Bonchev–Trinajstić information content (AvgIpc) is 2.46. The highest BCUT2D eigenvalue weighted by Crippen LogP contribution is 2.18. The maximum Gasteiger partial charge on any atom is 0.148 e. The summed E-state index contributed by atoms with van der Waals surface area (Å²) in [7, 11) is -2.85. The number of nitrogens with zero attached hydrogens (tertiary/aromatic N) is 3. The molecule has 0 aromatic rings. The van der Waals surface area contributed by atoms with Crippen LogP contribution >= 0.6 is 0 Å². The van der Waals surface area contributed by atoms with Crippen LogP contribution in [0.15, 0.2) is 0 Å². The van der Waals surface area contributed by atoms with Gasteiger partial charge in [-0.25, -0.2) is 8.42 Å². The molecule has 2 saturated heterocycles. The third kappa shape index (κ3) is 5.83. The summed E-state index contributed by atoms with van der Waals surface area (Å²) in [6.45, 7) is 8.02. The number of aliphatic hydroxyl groups is 1. The number of aliphatic hydroxyl groups excluding tert-OH is 1. The lowest BCUT2D eigenvalue weighted by atomic mass is 10.0. The molecule has 0 atom stereocenters. The first-order valence-electron chi connectivity index (χ1n) is 7.95. The van der Waals surface area contributed by atoms with Crippen LogP contribution in [0.2, 0.25) is 0 Å². The van der Waals surface area contributed by atoms with Crippen molar-refractivity contribution in [2.24, 2.45) is 0 Å². The molecule has 0 bridgehead atoms. The summed E-state index contributed by atoms with van der Waals surface area (Å²) < 4.78 is 22.4. The molecule has 2 aliphatic rings. The Labute approximate surface area is 128 Å². The normalized spacial score (nSPS) is 24.5. The topological polar surface area (TPSA) is 64.1 Å². The van der Waals surface area contributed by atoms with Crippen LogP contribution in [-0.2, 0) is 9.84 Å². The zero-order chi connectivity index (χ0) is 15.3. The third-order valence-corrected chi connectivity index (χ3v) is 5.60. The van der Waals surface area contributed by atoms with Crippen LogP contribution in [0.25, 0.3) is 0 Å². The summed E-state index contributed by atoms with van der Waals surface area (Å²) in [5.74, 6) is 0.275. The third-order valence-electron chi connectivity index (χ3n) is 4.67. The summed E-state index contributed by atoms with van der Waals surface area (Å²) in [5, 5.41) is 8.97. The molecule has 2 rings (SSSR count). The second-order valence-electron chi connectivity index (χ2n) is 6.30. The van der Waals surface area contributed by atoms with Crippen LogP contribution in [0, 0.1) is 0 Å². The van der Waals surface area contributed by atoms with Gasteiger partial charge in [-0.1, -0.05) is 0 Å². The molecule has 0 amide bonds. The lowest BCUT2D eigenvalue weighted by Gasteiger charge is -2.42. The van der Waals surface area contributed by atoms with Gasteiger partial charge in [-0.05, 0) is 25.9 Å². The number of sulfone groups is 1. The fourth-order valence-corrected chi connectivity index (χ4v) is 3.89. The fourth-order valence-electron chi connectivity index (χ4n) is 3.30. The predicted molar refractivity (Wildman–Crippen MR) is 84.3 cm³/mol. The van der Waals surface area contributed by atoms with Crippen molar-refractivity contribution in [3.8, 4) is 0 Å².